The largest absolute Gasteiger partial charge is 0.329 e. The zero-order chi connectivity index (χ0) is 11.2. The second kappa shape index (κ2) is 6.23. The van der Waals surface area contributed by atoms with Gasteiger partial charge in [-0.3, -0.25) is 9.88 Å². The van der Waals surface area contributed by atoms with E-state index < -0.39 is 0 Å². The maximum atomic E-state index is 5.92. The van der Waals surface area contributed by atoms with Crippen molar-refractivity contribution in [1.82, 2.24) is 9.88 Å². The van der Waals surface area contributed by atoms with E-state index in [4.69, 9.17) is 5.73 Å². The van der Waals surface area contributed by atoms with Crippen molar-refractivity contribution < 1.29 is 0 Å². The van der Waals surface area contributed by atoms with Crippen LogP contribution in [0.15, 0.2) is 24.5 Å². The summed E-state index contributed by atoms with van der Waals surface area (Å²) in [5.41, 5.74) is 7.21. The lowest BCUT2D eigenvalue weighted by Crippen LogP contribution is -2.35. The number of pyridine rings is 1. The van der Waals surface area contributed by atoms with Gasteiger partial charge in [-0.2, -0.15) is 11.8 Å². The molecule has 1 fully saturated rings. The molecular formula is C12H19N3S. The first-order valence-corrected chi connectivity index (χ1v) is 6.99. The summed E-state index contributed by atoms with van der Waals surface area (Å²) >= 11 is 2.05. The highest BCUT2D eigenvalue weighted by Gasteiger charge is 2.19. The molecule has 2 rings (SSSR count). The molecule has 0 saturated carbocycles. The van der Waals surface area contributed by atoms with Gasteiger partial charge in [-0.05, 0) is 36.4 Å². The Bertz CT molecular complexity index is 296. The van der Waals surface area contributed by atoms with Gasteiger partial charge in [0.05, 0.1) is 0 Å². The molecule has 1 aromatic heterocycles. The minimum Gasteiger partial charge on any atom is -0.329 e. The van der Waals surface area contributed by atoms with E-state index in [-0.39, 0.29) is 0 Å². The van der Waals surface area contributed by atoms with Crippen LogP contribution in [0.25, 0.3) is 0 Å². The Morgan fingerprint density at radius 3 is 2.88 bits per heavy atom. The Morgan fingerprint density at radius 2 is 2.12 bits per heavy atom. The normalized spacial score (nSPS) is 20.3. The van der Waals surface area contributed by atoms with E-state index in [2.05, 4.69) is 22.0 Å². The molecule has 16 heavy (non-hydrogen) atoms. The number of hydrogen-bond acceptors (Lipinski definition) is 4. The highest BCUT2D eigenvalue weighted by Crippen LogP contribution is 2.22. The first-order valence-electron chi connectivity index (χ1n) is 5.83. The summed E-state index contributed by atoms with van der Waals surface area (Å²) in [6, 6.07) is 4.52. The zero-order valence-electron chi connectivity index (χ0n) is 9.51. The molecule has 1 unspecified atom stereocenters. The molecule has 4 heteroatoms. The summed E-state index contributed by atoms with van der Waals surface area (Å²) in [4.78, 5) is 6.57. The zero-order valence-corrected chi connectivity index (χ0v) is 10.3. The summed E-state index contributed by atoms with van der Waals surface area (Å²) < 4.78 is 0. The molecule has 1 saturated heterocycles. The molecular weight excluding hydrogens is 218 g/mol. The maximum Gasteiger partial charge on any atom is 0.0471 e. The molecule has 0 spiro atoms. The molecule has 88 valence electrons. The van der Waals surface area contributed by atoms with Crippen LogP contribution in [0.4, 0.5) is 0 Å². The summed E-state index contributed by atoms with van der Waals surface area (Å²) in [7, 11) is 0. The van der Waals surface area contributed by atoms with Gasteiger partial charge in [-0.25, -0.2) is 0 Å². The number of aromatic nitrogens is 1. The topological polar surface area (TPSA) is 42.1 Å². The van der Waals surface area contributed by atoms with Crippen LogP contribution in [0.2, 0.25) is 0 Å². The van der Waals surface area contributed by atoms with E-state index in [9.17, 15) is 0 Å². The van der Waals surface area contributed by atoms with Crippen molar-refractivity contribution in [3.05, 3.63) is 30.1 Å². The first-order chi connectivity index (χ1) is 7.92. The molecule has 1 aliphatic rings. The Balaban J connectivity index is 2.09. The average Bonchev–Trinajstić information content (AvgIpc) is 2.61. The van der Waals surface area contributed by atoms with Gasteiger partial charge in [0.2, 0.25) is 0 Å². The third-order valence-electron chi connectivity index (χ3n) is 3.01. The average molecular weight is 237 g/mol. The molecule has 3 nitrogen and oxygen atoms in total. The molecule has 2 heterocycles. The minimum absolute atomic E-state index is 0.363. The molecule has 1 aliphatic heterocycles. The molecule has 0 aromatic carbocycles. The van der Waals surface area contributed by atoms with Crippen molar-refractivity contribution in [3.8, 4) is 0 Å². The second-order valence-corrected chi connectivity index (χ2v) is 5.26. The van der Waals surface area contributed by atoms with Crippen LogP contribution in [-0.2, 0) is 0 Å². The number of hydrogen-bond donors (Lipinski definition) is 1. The fraction of sp³-hybridized carbons (Fsp3) is 0.583. The summed E-state index contributed by atoms with van der Waals surface area (Å²) in [6.07, 6.45) is 4.97. The van der Waals surface area contributed by atoms with E-state index in [1.807, 2.05) is 24.2 Å². The van der Waals surface area contributed by atoms with Gasteiger partial charge in [-0.15, -0.1) is 0 Å². The standard InChI is InChI=1S/C12H19N3S/c13-10-12(11-2-4-14-5-3-11)15-6-1-8-16-9-7-15/h2-5,12H,1,6-10,13H2. The van der Waals surface area contributed by atoms with E-state index in [1.165, 1.54) is 23.5 Å². The van der Waals surface area contributed by atoms with E-state index in [0.717, 1.165) is 13.1 Å². The van der Waals surface area contributed by atoms with Gasteiger partial charge in [0.1, 0.15) is 0 Å². The lowest BCUT2D eigenvalue weighted by molar-refractivity contribution is 0.218. The van der Waals surface area contributed by atoms with Crippen LogP contribution in [0.1, 0.15) is 18.0 Å². The summed E-state index contributed by atoms with van der Waals surface area (Å²) in [5, 5.41) is 0. The quantitative estimate of drug-likeness (QED) is 0.865. The molecule has 1 atom stereocenters. The molecule has 0 amide bonds. The highest BCUT2D eigenvalue weighted by atomic mass is 32.2. The fourth-order valence-corrected chi connectivity index (χ4v) is 3.06. The van der Waals surface area contributed by atoms with Crippen molar-refractivity contribution in [2.24, 2.45) is 5.73 Å². The van der Waals surface area contributed by atoms with Gasteiger partial charge in [-0.1, -0.05) is 0 Å². The third kappa shape index (κ3) is 2.97. The number of thioether (sulfide) groups is 1. The SMILES string of the molecule is NCC(c1ccncc1)N1CCCSCC1. The number of rotatable bonds is 3. The Hall–Kier alpha value is -0.580. The summed E-state index contributed by atoms with van der Waals surface area (Å²) in [5.74, 6) is 2.51. The van der Waals surface area contributed by atoms with E-state index >= 15 is 0 Å². The first kappa shape index (κ1) is 11.9. The summed E-state index contributed by atoms with van der Waals surface area (Å²) in [6.45, 7) is 3.00. The lowest BCUT2D eigenvalue weighted by atomic mass is 10.1. The van der Waals surface area contributed by atoms with Crippen molar-refractivity contribution in [2.45, 2.75) is 12.5 Å². The Morgan fingerprint density at radius 1 is 1.31 bits per heavy atom. The fourth-order valence-electron chi connectivity index (χ4n) is 2.16. The van der Waals surface area contributed by atoms with Crippen LogP contribution in [-0.4, -0.2) is 41.0 Å². The van der Waals surface area contributed by atoms with Crippen molar-refractivity contribution >= 4 is 11.8 Å². The molecule has 0 aliphatic carbocycles. The predicted molar refractivity (Wildman–Crippen MR) is 69.5 cm³/mol. The van der Waals surface area contributed by atoms with Gasteiger partial charge in [0, 0.05) is 37.3 Å². The predicted octanol–water partition coefficient (Wildman–Crippen LogP) is 1.52. The van der Waals surface area contributed by atoms with Gasteiger partial charge >= 0.3 is 0 Å². The van der Waals surface area contributed by atoms with Gasteiger partial charge in [0.25, 0.3) is 0 Å². The monoisotopic (exact) mass is 237 g/mol. The van der Waals surface area contributed by atoms with Crippen LogP contribution in [0.5, 0.6) is 0 Å². The van der Waals surface area contributed by atoms with Crippen LogP contribution in [0.3, 0.4) is 0 Å². The Kier molecular flexibility index (Phi) is 4.63. The van der Waals surface area contributed by atoms with Crippen molar-refractivity contribution in [1.29, 1.82) is 0 Å². The Labute approximate surface area is 101 Å². The molecule has 2 N–H and O–H groups in total. The molecule has 0 radical (unpaired) electrons. The molecule has 1 aromatic rings. The lowest BCUT2D eigenvalue weighted by Gasteiger charge is -2.29. The maximum absolute atomic E-state index is 5.92. The molecule has 0 bridgehead atoms. The van der Waals surface area contributed by atoms with Gasteiger partial charge in [0.15, 0.2) is 0 Å². The number of nitrogens with two attached hydrogens (primary N) is 1. The van der Waals surface area contributed by atoms with Gasteiger partial charge < -0.3 is 5.73 Å². The number of nitrogens with zero attached hydrogens (tertiary/aromatic N) is 2. The van der Waals surface area contributed by atoms with E-state index in [1.54, 1.807) is 0 Å². The minimum atomic E-state index is 0.363. The van der Waals surface area contributed by atoms with Crippen LogP contribution in [0, 0.1) is 0 Å². The third-order valence-corrected chi connectivity index (χ3v) is 4.06. The van der Waals surface area contributed by atoms with E-state index in [0.29, 0.717) is 12.6 Å². The van der Waals surface area contributed by atoms with Crippen molar-refractivity contribution in [3.63, 3.8) is 0 Å². The smallest absolute Gasteiger partial charge is 0.0471 e. The second-order valence-electron chi connectivity index (χ2n) is 4.03. The highest BCUT2D eigenvalue weighted by molar-refractivity contribution is 7.99. The van der Waals surface area contributed by atoms with Crippen LogP contribution >= 0.6 is 11.8 Å². The van der Waals surface area contributed by atoms with Crippen molar-refractivity contribution in [2.75, 3.05) is 31.1 Å². The van der Waals surface area contributed by atoms with Crippen LogP contribution < -0.4 is 5.73 Å².